The monoisotopic (exact) mass is 587 g/mol. The summed E-state index contributed by atoms with van der Waals surface area (Å²) in [6.45, 7) is -5.28. The SMILES string of the molecule is [2H]C([2H])([2H])C(O)(CNC(=O)c1nc(C(=O)N2CCC[C@@H]2C)c(-c2cnc(N[C@@H](CC)C(F)(F)F)cc2C(F)(F)F)s1)C([2H])([2H])[2H]. The van der Waals surface area contributed by atoms with Gasteiger partial charge in [0.1, 0.15) is 17.6 Å². The van der Waals surface area contributed by atoms with Crippen LogP contribution in [0, 0.1) is 0 Å². The van der Waals surface area contributed by atoms with E-state index in [9.17, 15) is 41.0 Å². The predicted octanol–water partition coefficient (Wildman–Crippen LogP) is 5.10. The van der Waals surface area contributed by atoms with Crippen molar-refractivity contribution in [1.29, 1.82) is 0 Å². The van der Waals surface area contributed by atoms with Gasteiger partial charge in [-0.05, 0) is 46.0 Å². The van der Waals surface area contributed by atoms with Crippen LogP contribution in [0.5, 0.6) is 0 Å². The smallest absolute Gasteiger partial charge is 0.389 e. The lowest BCUT2D eigenvalue weighted by molar-refractivity contribution is -0.142. The molecule has 0 saturated carbocycles. The fraction of sp³-hybridized carbons (Fsp3) is 0.583. The average molecular weight is 588 g/mol. The quantitative estimate of drug-likeness (QED) is 0.371. The van der Waals surface area contributed by atoms with Crippen LogP contribution in [0.2, 0.25) is 0 Å². The highest BCUT2D eigenvalue weighted by Gasteiger charge is 2.41. The molecule has 3 rings (SSSR count). The highest BCUT2D eigenvalue weighted by atomic mass is 32.1. The Balaban J connectivity index is 2.13. The first kappa shape index (κ1) is 22.8. The number of hydrogen-bond acceptors (Lipinski definition) is 7. The number of aliphatic hydroxyl groups is 1. The molecule has 0 aromatic carbocycles. The van der Waals surface area contributed by atoms with E-state index in [0.29, 0.717) is 25.1 Å². The molecule has 0 radical (unpaired) electrons. The second-order valence-electron chi connectivity index (χ2n) is 8.99. The van der Waals surface area contributed by atoms with E-state index in [1.807, 2.05) is 10.6 Å². The summed E-state index contributed by atoms with van der Waals surface area (Å²) < 4.78 is 127. The van der Waals surface area contributed by atoms with Gasteiger partial charge >= 0.3 is 12.4 Å². The van der Waals surface area contributed by atoms with E-state index in [1.54, 1.807) is 6.92 Å². The summed E-state index contributed by atoms with van der Waals surface area (Å²) in [7, 11) is 0. The van der Waals surface area contributed by atoms with E-state index < -0.39 is 95.0 Å². The molecule has 0 bridgehead atoms. The molecule has 2 amide bonds. The molecule has 0 spiro atoms. The summed E-state index contributed by atoms with van der Waals surface area (Å²) in [5.74, 6) is -2.92. The molecule has 216 valence electrons. The lowest BCUT2D eigenvalue weighted by Gasteiger charge is -2.22. The molecule has 3 heterocycles. The number of nitrogens with one attached hydrogen (secondary N) is 2. The van der Waals surface area contributed by atoms with Crippen LogP contribution in [0.15, 0.2) is 12.3 Å². The molecule has 0 aliphatic carbocycles. The molecule has 8 nitrogen and oxygen atoms in total. The lowest BCUT2D eigenvalue weighted by atomic mass is 10.1. The highest BCUT2D eigenvalue weighted by Crippen LogP contribution is 2.42. The minimum atomic E-state index is -5.18. The number of amides is 2. The number of carbonyl (C=O) groups is 2. The minimum Gasteiger partial charge on any atom is -0.389 e. The molecule has 1 saturated heterocycles. The van der Waals surface area contributed by atoms with Crippen molar-refractivity contribution >= 4 is 29.0 Å². The van der Waals surface area contributed by atoms with Crippen LogP contribution < -0.4 is 10.6 Å². The standard InChI is InChI=1S/C24H29F6N5O3S/c1-5-15(24(28,29)30)33-16-9-14(23(25,26)27)13(10-31-16)18-17(21(37)35-8-6-7-12(35)2)34-20(39-18)19(36)32-11-22(3,4)38/h9-10,12,15,38H,5-8,11H2,1-4H3,(H,31,33)(H,32,36)/t12-,15-/m0/s1/i3D3,4D3. The first-order chi connectivity index (χ1) is 20.4. The first-order valence-corrected chi connectivity index (χ1v) is 12.5. The Labute approximate surface area is 233 Å². The number of aromatic nitrogens is 2. The average Bonchev–Trinajstić information content (AvgIpc) is 3.54. The highest BCUT2D eigenvalue weighted by molar-refractivity contribution is 7.17. The van der Waals surface area contributed by atoms with Crippen LogP contribution in [-0.4, -0.2) is 68.7 Å². The Morgan fingerprint density at radius 2 is 1.97 bits per heavy atom. The van der Waals surface area contributed by atoms with Crippen LogP contribution in [0.3, 0.4) is 0 Å². The van der Waals surface area contributed by atoms with Crippen molar-refractivity contribution in [2.24, 2.45) is 0 Å². The third-order valence-corrected chi connectivity index (χ3v) is 7.01. The van der Waals surface area contributed by atoms with Crippen molar-refractivity contribution in [1.82, 2.24) is 20.2 Å². The Kier molecular flexibility index (Phi) is 6.60. The normalized spacial score (nSPS) is 20.2. The van der Waals surface area contributed by atoms with Gasteiger partial charge in [0.2, 0.25) is 0 Å². The minimum absolute atomic E-state index is 0.214. The van der Waals surface area contributed by atoms with Crippen LogP contribution in [0.4, 0.5) is 32.2 Å². The van der Waals surface area contributed by atoms with Gasteiger partial charge in [-0.25, -0.2) is 9.97 Å². The van der Waals surface area contributed by atoms with E-state index in [-0.39, 0.29) is 23.9 Å². The van der Waals surface area contributed by atoms with E-state index in [2.05, 4.69) is 9.97 Å². The number of anilines is 1. The predicted molar refractivity (Wildman–Crippen MR) is 132 cm³/mol. The molecule has 3 N–H and O–H groups in total. The van der Waals surface area contributed by atoms with Crippen molar-refractivity contribution < 1.29 is 49.3 Å². The Hall–Kier alpha value is -2.94. The zero-order chi connectivity index (χ0) is 34.3. The fourth-order valence-corrected chi connectivity index (χ4v) is 4.94. The van der Waals surface area contributed by atoms with Gasteiger partial charge in [-0.15, -0.1) is 11.3 Å². The summed E-state index contributed by atoms with van der Waals surface area (Å²) in [6, 6.07) is -2.23. The van der Waals surface area contributed by atoms with Crippen LogP contribution in [-0.2, 0) is 6.18 Å². The van der Waals surface area contributed by atoms with Gasteiger partial charge in [-0.3, -0.25) is 9.59 Å². The van der Waals surface area contributed by atoms with Gasteiger partial charge in [-0.1, -0.05) is 6.92 Å². The number of alkyl halides is 6. The molecule has 2 atom stereocenters. The number of likely N-dealkylation sites (tertiary alicyclic amines) is 1. The van der Waals surface area contributed by atoms with Crippen molar-refractivity contribution in [3.8, 4) is 10.4 Å². The topological polar surface area (TPSA) is 107 Å². The maximum atomic E-state index is 14.3. The maximum absolute atomic E-state index is 14.3. The number of nitrogens with zero attached hydrogens (tertiary/aromatic N) is 3. The van der Waals surface area contributed by atoms with Crippen molar-refractivity contribution in [3.63, 3.8) is 0 Å². The largest absolute Gasteiger partial charge is 0.417 e. The molecule has 0 unspecified atom stereocenters. The van der Waals surface area contributed by atoms with Gasteiger partial charge in [0.25, 0.3) is 11.8 Å². The molecule has 1 aliphatic rings. The molecule has 1 fully saturated rings. The third-order valence-electron chi connectivity index (χ3n) is 5.92. The number of thiazole rings is 1. The van der Waals surface area contributed by atoms with Gasteiger partial charge in [0.05, 0.1) is 16.0 Å². The van der Waals surface area contributed by atoms with Gasteiger partial charge in [-0.2, -0.15) is 26.3 Å². The molecule has 15 heteroatoms. The van der Waals surface area contributed by atoms with Gasteiger partial charge < -0.3 is 20.6 Å². The number of hydrogen-bond donors (Lipinski definition) is 3. The number of pyridine rings is 1. The fourth-order valence-electron chi connectivity index (χ4n) is 3.94. The molecule has 1 aliphatic heterocycles. The molecule has 39 heavy (non-hydrogen) atoms. The zero-order valence-corrected chi connectivity index (χ0v) is 21.4. The zero-order valence-electron chi connectivity index (χ0n) is 26.6. The third kappa shape index (κ3) is 7.38. The number of halogens is 6. The second kappa shape index (κ2) is 11.3. The van der Waals surface area contributed by atoms with E-state index in [1.165, 1.54) is 11.8 Å². The van der Waals surface area contributed by atoms with Gasteiger partial charge in [0.15, 0.2) is 5.01 Å². The summed E-state index contributed by atoms with van der Waals surface area (Å²) in [5.41, 5.74) is -6.30. The Morgan fingerprint density at radius 3 is 2.51 bits per heavy atom. The summed E-state index contributed by atoms with van der Waals surface area (Å²) in [5, 5.41) is 13.6. The molecular formula is C24H29F6N5O3S. The van der Waals surface area contributed by atoms with E-state index >= 15 is 0 Å². The number of rotatable bonds is 8. The number of carbonyl (C=O) groups excluding carboxylic acids is 2. The van der Waals surface area contributed by atoms with E-state index in [0.717, 1.165) is 0 Å². The molecular weight excluding hydrogens is 552 g/mol. The summed E-state index contributed by atoms with van der Waals surface area (Å²) >= 11 is 0.259. The molecule has 2 aromatic heterocycles. The molecule has 2 aromatic rings. The van der Waals surface area contributed by atoms with Crippen molar-refractivity contribution in [2.45, 2.75) is 76.9 Å². The Morgan fingerprint density at radius 1 is 1.28 bits per heavy atom. The summed E-state index contributed by atoms with van der Waals surface area (Å²) in [4.78, 5) is 34.9. The summed E-state index contributed by atoms with van der Waals surface area (Å²) in [6.07, 6.45) is -8.78. The Bertz CT molecular complexity index is 1400. The van der Waals surface area contributed by atoms with Crippen molar-refractivity contribution in [2.75, 3.05) is 18.4 Å². The van der Waals surface area contributed by atoms with Crippen LogP contribution in [0.1, 0.15) is 80.9 Å². The van der Waals surface area contributed by atoms with E-state index in [4.69, 9.17) is 8.22 Å². The maximum Gasteiger partial charge on any atom is 0.417 e. The second-order valence-corrected chi connectivity index (χ2v) is 9.99. The van der Waals surface area contributed by atoms with Crippen molar-refractivity contribution in [3.05, 3.63) is 28.5 Å². The van der Waals surface area contributed by atoms with Crippen LogP contribution >= 0.6 is 11.3 Å². The van der Waals surface area contributed by atoms with Crippen LogP contribution in [0.25, 0.3) is 10.4 Å². The van der Waals surface area contributed by atoms with Gasteiger partial charge in [0, 0.05) is 39.1 Å². The lowest BCUT2D eigenvalue weighted by Crippen LogP contribution is -2.38. The first-order valence-electron chi connectivity index (χ1n) is 14.7.